The second kappa shape index (κ2) is 7.85. The normalized spacial score (nSPS) is 10.8. The zero-order chi connectivity index (χ0) is 19.5. The van der Waals surface area contributed by atoms with Crippen LogP contribution in [0.1, 0.15) is 5.56 Å². The average molecular weight is 415 g/mol. The van der Waals surface area contributed by atoms with E-state index >= 15 is 0 Å². The van der Waals surface area contributed by atoms with E-state index in [1.807, 2.05) is 28.8 Å². The number of hydrogen-bond acceptors (Lipinski definition) is 7. The van der Waals surface area contributed by atoms with Gasteiger partial charge in [0.1, 0.15) is 30.0 Å². The summed E-state index contributed by atoms with van der Waals surface area (Å²) in [6.45, 7) is 0.0267. The van der Waals surface area contributed by atoms with Gasteiger partial charge in [0.15, 0.2) is 21.6 Å². The van der Waals surface area contributed by atoms with E-state index < -0.39 is 0 Å². The largest absolute Gasteiger partial charge is 0.392 e. The number of aromatic nitrogens is 8. The number of imidazole rings is 2. The van der Waals surface area contributed by atoms with E-state index in [0.29, 0.717) is 32.6 Å². The van der Waals surface area contributed by atoms with Gasteiger partial charge in [0.2, 0.25) is 0 Å². The summed E-state index contributed by atoms with van der Waals surface area (Å²) in [5.41, 5.74) is 4.28. The fourth-order valence-corrected chi connectivity index (χ4v) is 2.85. The number of aliphatic hydroxyl groups is 1. The predicted molar refractivity (Wildman–Crippen MR) is 104 cm³/mol. The van der Waals surface area contributed by atoms with Gasteiger partial charge in [-0.25, -0.2) is 29.9 Å². The molecular weight excluding hydrogens is 403 g/mol. The number of aromatic amines is 1. The van der Waals surface area contributed by atoms with Crippen molar-refractivity contribution >= 4 is 45.5 Å². The van der Waals surface area contributed by atoms with Gasteiger partial charge in [-0.2, -0.15) is 0 Å². The van der Waals surface area contributed by atoms with Gasteiger partial charge >= 0.3 is 0 Å². The van der Waals surface area contributed by atoms with E-state index in [1.165, 1.54) is 19.0 Å². The maximum Gasteiger partial charge on any atom is 0.182 e. The summed E-state index contributed by atoms with van der Waals surface area (Å²) >= 11 is 11.6. The molecule has 140 valence electrons. The molecule has 0 atom stereocenters. The number of hydrogen-bond donors (Lipinski definition) is 2. The number of fused-ring (bicyclic) bond motifs is 2. The lowest BCUT2D eigenvalue weighted by atomic mass is 10.2. The van der Waals surface area contributed by atoms with Crippen LogP contribution in [0.3, 0.4) is 0 Å². The number of nitrogens with zero attached hydrogens (tertiary/aromatic N) is 7. The molecule has 4 heterocycles. The Morgan fingerprint density at radius 1 is 0.893 bits per heavy atom. The van der Waals surface area contributed by atoms with Gasteiger partial charge in [0.25, 0.3) is 0 Å². The predicted octanol–water partition coefficient (Wildman–Crippen LogP) is 2.97. The Morgan fingerprint density at radius 2 is 1.64 bits per heavy atom. The molecule has 0 saturated carbocycles. The lowest BCUT2D eigenvalue weighted by Crippen LogP contribution is -1.95. The van der Waals surface area contributed by atoms with Gasteiger partial charge in [-0.05, 0) is 17.7 Å². The molecule has 0 fully saturated rings. The van der Waals surface area contributed by atoms with E-state index in [2.05, 4.69) is 34.9 Å². The Balaban J connectivity index is 0.000000162. The fraction of sp³-hybridized carbons (Fsp3) is 0.0588. The Morgan fingerprint density at radius 3 is 2.39 bits per heavy atom. The van der Waals surface area contributed by atoms with Crippen molar-refractivity contribution in [1.29, 1.82) is 0 Å². The summed E-state index contributed by atoms with van der Waals surface area (Å²) in [7, 11) is 0. The summed E-state index contributed by atoms with van der Waals surface area (Å²) in [5, 5.41) is 9.75. The van der Waals surface area contributed by atoms with Crippen molar-refractivity contribution in [1.82, 2.24) is 39.5 Å². The lowest BCUT2D eigenvalue weighted by molar-refractivity contribution is 0.282. The molecule has 11 heteroatoms. The smallest absolute Gasteiger partial charge is 0.182 e. The van der Waals surface area contributed by atoms with Crippen LogP contribution in [0.4, 0.5) is 0 Å². The van der Waals surface area contributed by atoms with Crippen LogP contribution < -0.4 is 0 Å². The Kier molecular flexibility index (Phi) is 5.11. The van der Waals surface area contributed by atoms with E-state index in [4.69, 9.17) is 28.3 Å². The minimum Gasteiger partial charge on any atom is -0.392 e. The highest BCUT2D eigenvalue weighted by Gasteiger charge is 2.09. The highest BCUT2D eigenvalue weighted by atomic mass is 35.5. The zero-order valence-electron chi connectivity index (χ0n) is 14.2. The third-order valence-electron chi connectivity index (χ3n) is 3.86. The molecule has 0 spiro atoms. The van der Waals surface area contributed by atoms with E-state index in [9.17, 15) is 0 Å². The van der Waals surface area contributed by atoms with Crippen molar-refractivity contribution in [2.24, 2.45) is 0 Å². The minimum absolute atomic E-state index is 0.0267. The van der Waals surface area contributed by atoms with Crippen LogP contribution in [0.25, 0.3) is 28.0 Å². The first kappa shape index (κ1) is 18.2. The molecular formula is C17H12Cl2N8O. The molecule has 28 heavy (non-hydrogen) atoms. The quantitative estimate of drug-likeness (QED) is 0.426. The first-order chi connectivity index (χ1) is 13.7. The molecule has 0 aliphatic rings. The van der Waals surface area contributed by atoms with Crippen molar-refractivity contribution in [3.05, 3.63) is 65.4 Å². The molecule has 0 radical (unpaired) electrons. The van der Waals surface area contributed by atoms with E-state index in [1.54, 1.807) is 6.33 Å². The van der Waals surface area contributed by atoms with Crippen LogP contribution in [0.15, 0.2) is 49.6 Å². The molecule has 0 saturated heterocycles. The maximum absolute atomic E-state index is 9.01. The first-order valence-electron chi connectivity index (χ1n) is 8.00. The molecule has 4 aromatic heterocycles. The van der Waals surface area contributed by atoms with Gasteiger partial charge in [-0.15, -0.1) is 0 Å². The number of H-pyrrole nitrogens is 1. The highest BCUT2D eigenvalue weighted by molar-refractivity contribution is 6.33. The molecule has 1 aromatic carbocycles. The molecule has 5 aromatic rings. The number of nitrogens with one attached hydrogen (secondary N) is 1. The Bertz CT molecular complexity index is 1240. The zero-order valence-corrected chi connectivity index (χ0v) is 15.7. The number of rotatable bonds is 2. The van der Waals surface area contributed by atoms with E-state index in [0.717, 1.165) is 11.3 Å². The van der Waals surface area contributed by atoms with Crippen LogP contribution in [-0.4, -0.2) is 44.6 Å². The maximum atomic E-state index is 9.01. The third kappa shape index (κ3) is 3.50. The van der Waals surface area contributed by atoms with E-state index in [-0.39, 0.29) is 6.61 Å². The molecule has 0 unspecified atom stereocenters. The van der Waals surface area contributed by atoms with Gasteiger partial charge in [-0.3, -0.25) is 4.57 Å². The van der Waals surface area contributed by atoms with Crippen molar-refractivity contribution in [2.75, 3.05) is 0 Å². The van der Waals surface area contributed by atoms with Crippen molar-refractivity contribution < 1.29 is 5.11 Å². The summed E-state index contributed by atoms with van der Waals surface area (Å²) in [5.74, 6) is 0. The number of aliphatic hydroxyl groups excluding tert-OH is 1. The summed E-state index contributed by atoms with van der Waals surface area (Å²) < 4.78 is 1.82. The van der Waals surface area contributed by atoms with Crippen molar-refractivity contribution in [2.45, 2.75) is 6.61 Å². The molecule has 2 N–H and O–H groups in total. The SMILES string of the molecule is Clc1ncnc2nc[nH]c12.OCc1ccc(-n2cnc3c(Cl)ncnc32)cc1. The highest BCUT2D eigenvalue weighted by Crippen LogP contribution is 2.20. The molecule has 5 rings (SSSR count). The molecule has 0 aliphatic carbocycles. The monoisotopic (exact) mass is 414 g/mol. The molecule has 9 nitrogen and oxygen atoms in total. The average Bonchev–Trinajstić information content (AvgIpc) is 3.37. The van der Waals surface area contributed by atoms with Crippen LogP contribution in [0.5, 0.6) is 0 Å². The van der Waals surface area contributed by atoms with Gasteiger partial charge in [0.05, 0.1) is 12.9 Å². The van der Waals surface area contributed by atoms with Gasteiger partial charge < -0.3 is 10.1 Å². The van der Waals surface area contributed by atoms with Gasteiger partial charge in [0, 0.05) is 5.69 Å². The fourth-order valence-electron chi connectivity index (χ4n) is 2.49. The van der Waals surface area contributed by atoms with Gasteiger partial charge in [-0.1, -0.05) is 35.3 Å². The molecule has 0 aliphatic heterocycles. The topological polar surface area (TPSA) is 118 Å². The lowest BCUT2D eigenvalue weighted by Gasteiger charge is -2.04. The van der Waals surface area contributed by atoms with Crippen LogP contribution >= 0.6 is 23.2 Å². The number of halogens is 2. The molecule has 0 bridgehead atoms. The van der Waals surface area contributed by atoms with Crippen LogP contribution in [-0.2, 0) is 6.61 Å². The third-order valence-corrected chi connectivity index (χ3v) is 4.43. The number of benzene rings is 1. The second-order valence-corrected chi connectivity index (χ2v) is 6.26. The second-order valence-electron chi connectivity index (χ2n) is 5.54. The summed E-state index contributed by atoms with van der Waals surface area (Å²) in [6.07, 6.45) is 5.97. The molecule has 0 amide bonds. The van der Waals surface area contributed by atoms with Crippen LogP contribution in [0, 0.1) is 0 Å². The minimum atomic E-state index is 0.0267. The van der Waals surface area contributed by atoms with Crippen LogP contribution in [0.2, 0.25) is 10.3 Å². The summed E-state index contributed by atoms with van der Waals surface area (Å²) in [4.78, 5) is 26.6. The summed E-state index contributed by atoms with van der Waals surface area (Å²) in [6, 6.07) is 7.49. The Hall–Kier alpha value is -3.14. The Labute approximate surface area is 168 Å². The first-order valence-corrected chi connectivity index (χ1v) is 8.76. The standard InChI is InChI=1S/C12H9ClN4O.C5H3ClN4/c13-11-10-12(15-6-14-11)17(7-16-10)9-3-1-8(5-18)2-4-9;6-4-3-5(9-1-7-3)10-2-8-4/h1-4,6-7,18H,5H2;1-2H,(H,7,8,9,10). The van der Waals surface area contributed by atoms with Crippen molar-refractivity contribution in [3.8, 4) is 5.69 Å². The van der Waals surface area contributed by atoms with Crippen molar-refractivity contribution in [3.63, 3.8) is 0 Å².